The van der Waals surface area contributed by atoms with Crippen LogP contribution in [-0.4, -0.2) is 32.9 Å². The normalized spacial score (nSPS) is 11.1. The lowest BCUT2D eigenvalue weighted by atomic mass is 10.1. The van der Waals surface area contributed by atoms with Crippen molar-refractivity contribution in [3.8, 4) is 11.4 Å². The maximum Gasteiger partial charge on any atom is 0.278 e. The molecule has 0 saturated carbocycles. The first-order chi connectivity index (χ1) is 18.5. The fourth-order valence-electron chi connectivity index (χ4n) is 3.96. The molecular formula is C27H24N4O4S3. The smallest absolute Gasteiger partial charge is 0.278 e. The van der Waals surface area contributed by atoms with Gasteiger partial charge in [-0.1, -0.05) is 65.6 Å². The highest BCUT2D eigenvalue weighted by molar-refractivity contribution is 7.99. The maximum atomic E-state index is 13.9. The first-order valence-electron chi connectivity index (χ1n) is 11.8. The predicted octanol–water partition coefficient (Wildman–Crippen LogP) is 5.23. The van der Waals surface area contributed by atoms with Crippen LogP contribution in [0.2, 0.25) is 0 Å². The number of benzene rings is 2. The number of hydrogen-bond donors (Lipinski definition) is 1. The van der Waals surface area contributed by atoms with E-state index in [1.165, 1.54) is 33.2 Å². The lowest BCUT2D eigenvalue weighted by molar-refractivity contribution is -0.118. The largest absolute Gasteiger partial charge is 0.495 e. The zero-order chi connectivity index (χ0) is 26.5. The number of furan rings is 1. The molecule has 1 amide bonds. The Morgan fingerprint density at radius 1 is 1.13 bits per heavy atom. The summed E-state index contributed by atoms with van der Waals surface area (Å²) < 4.78 is 15.2. The zero-order valence-electron chi connectivity index (χ0n) is 20.5. The van der Waals surface area contributed by atoms with Crippen LogP contribution in [0.3, 0.4) is 0 Å². The Morgan fingerprint density at radius 2 is 1.92 bits per heavy atom. The zero-order valence-corrected chi connectivity index (χ0v) is 22.9. The molecule has 8 nitrogen and oxygen atoms in total. The van der Waals surface area contributed by atoms with E-state index in [0.717, 1.165) is 6.42 Å². The van der Waals surface area contributed by atoms with Crippen LogP contribution in [0.1, 0.15) is 11.3 Å². The maximum absolute atomic E-state index is 13.9. The molecule has 3 aromatic heterocycles. The van der Waals surface area contributed by atoms with Crippen LogP contribution >= 0.6 is 35.3 Å². The first-order valence-corrected chi connectivity index (χ1v) is 14.0. The molecule has 5 aromatic rings. The summed E-state index contributed by atoms with van der Waals surface area (Å²) in [7, 11) is 1.55. The number of amides is 1. The molecule has 0 saturated heterocycles. The summed E-state index contributed by atoms with van der Waals surface area (Å²) in [4.78, 5) is 31.4. The summed E-state index contributed by atoms with van der Waals surface area (Å²) in [5, 5.41) is 3.21. The third-order valence-electron chi connectivity index (χ3n) is 5.82. The summed E-state index contributed by atoms with van der Waals surface area (Å²) in [5.41, 5.74) is 1.97. The molecule has 0 fully saturated rings. The number of nitrogens with one attached hydrogen (secondary N) is 1. The van der Waals surface area contributed by atoms with Crippen molar-refractivity contribution in [2.75, 3.05) is 12.9 Å². The van der Waals surface area contributed by atoms with Gasteiger partial charge in [-0.2, -0.15) is 0 Å². The van der Waals surface area contributed by atoms with Crippen molar-refractivity contribution in [3.63, 3.8) is 0 Å². The van der Waals surface area contributed by atoms with Crippen molar-refractivity contribution in [1.29, 1.82) is 0 Å². The molecular weight excluding hydrogens is 541 g/mol. The third-order valence-corrected chi connectivity index (χ3v) is 8.19. The molecule has 38 heavy (non-hydrogen) atoms. The summed E-state index contributed by atoms with van der Waals surface area (Å²) >= 11 is 8.07. The number of para-hydroxylation sites is 2. The summed E-state index contributed by atoms with van der Waals surface area (Å²) in [6, 6.07) is 20.9. The molecule has 1 N–H and O–H groups in total. The van der Waals surface area contributed by atoms with E-state index in [4.69, 9.17) is 26.4 Å². The standard InChI is InChI=1S/C27H24N4O4S3/c1-34-21-12-6-5-11-20(21)31-25(33)23-24(30(27(36)38-23)14-13-18-8-3-2-4-9-18)29-26(31)37-17-22(32)28-16-19-10-7-15-35-19/h2-12,15H,13-14,16-17H2,1H3,(H,28,32). The molecule has 3 heterocycles. The molecule has 2 aromatic carbocycles. The van der Waals surface area contributed by atoms with Crippen molar-refractivity contribution >= 4 is 51.6 Å². The lowest BCUT2D eigenvalue weighted by Crippen LogP contribution is -2.26. The number of thioether (sulfide) groups is 1. The Hall–Kier alpha value is -3.67. The van der Waals surface area contributed by atoms with E-state index in [1.807, 2.05) is 34.9 Å². The molecule has 194 valence electrons. The quantitative estimate of drug-likeness (QED) is 0.141. The highest BCUT2D eigenvalue weighted by Crippen LogP contribution is 2.29. The van der Waals surface area contributed by atoms with E-state index in [0.29, 0.717) is 43.2 Å². The fraction of sp³-hybridized carbons (Fsp3) is 0.185. The van der Waals surface area contributed by atoms with Crippen LogP contribution in [-0.2, 0) is 24.3 Å². The van der Waals surface area contributed by atoms with Gasteiger partial charge in [0.1, 0.15) is 16.2 Å². The molecule has 0 bridgehead atoms. The number of aryl methyl sites for hydroxylation is 2. The Bertz CT molecular complexity index is 1670. The van der Waals surface area contributed by atoms with Gasteiger partial charge in [0.25, 0.3) is 5.56 Å². The number of hydrogen-bond acceptors (Lipinski definition) is 8. The minimum absolute atomic E-state index is 0.0582. The van der Waals surface area contributed by atoms with Gasteiger partial charge >= 0.3 is 0 Å². The van der Waals surface area contributed by atoms with E-state index in [-0.39, 0.29) is 23.8 Å². The van der Waals surface area contributed by atoms with Crippen LogP contribution in [0.25, 0.3) is 16.0 Å². The van der Waals surface area contributed by atoms with E-state index in [2.05, 4.69) is 17.4 Å². The van der Waals surface area contributed by atoms with Crippen LogP contribution in [0.15, 0.2) is 87.4 Å². The number of ether oxygens (including phenoxy) is 1. The van der Waals surface area contributed by atoms with Crippen molar-refractivity contribution in [2.45, 2.75) is 24.7 Å². The van der Waals surface area contributed by atoms with Crippen molar-refractivity contribution in [2.24, 2.45) is 0 Å². The number of methoxy groups -OCH3 is 1. The number of carbonyl (C=O) groups is 1. The van der Waals surface area contributed by atoms with Crippen molar-refractivity contribution in [3.05, 3.63) is 98.6 Å². The van der Waals surface area contributed by atoms with Gasteiger partial charge in [0, 0.05) is 6.54 Å². The summed E-state index contributed by atoms with van der Waals surface area (Å²) in [6.45, 7) is 0.864. The van der Waals surface area contributed by atoms with E-state index in [9.17, 15) is 9.59 Å². The molecule has 0 atom stereocenters. The summed E-state index contributed by atoms with van der Waals surface area (Å²) in [6.07, 6.45) is 2.30. The number of rotatable bonds is 10. The number of thiazole rings is 1. The molecule has 5 rings (SSSR count). The lowest BCUT2D eigenvalue weighted by Gasteiger charge is -2.15. The second kappa shape index (κ2) is 11.8. The Labute approximate surface area is 231 Å². The molecule has 0 aliphatic heterocycles. The molecule has 0 radical (unpaired) electrons. The monoisotopic (exact) mass is 564 g/mol. The van der Waals surface area contributed by atoms with Gasteiger partial charge in [0.05, 0.1) is 31.4 Å². The fourth-order valence-corrected chi connectivity index (χ4v) is 6.10. The average Bonchev–Trinajstić information content (AvgIpc) is 3.58. The van der Waals surface area contributed by atoms with Gasteiger partial charge in [-0.25, -0.2) is 4.98 Å². The molecule has 0 unspecified atom stereocenters. The van der Waals surface area contributed by atoms with Gasteiger partial charge in [0.15, 0.2) is 14.8 Å². The summed E-state index contributed by atoms with van der Waals surface area (Å²) in [5.74, 6) is 1.03. The Kier molecular flexibility index (Phi) is 8.06. The third kappa shape index (κ3) is 5.59. The second-order valence-electron chi connectivity index (χ2n) is 8.26. The Balaban J connectivity index is 1.52. The van der Waals surface area contributed by atoms with E-state index < -0.39 is 0 Å². The topological polar surface area (TPSA) is 91.3 Å². The van der Waals surface area contributed by atoms with Crippen LogP contribution in [0.5, 0.6) is 5.75 Å². The average molecular weight is 565 g/mol. The van der Waals surface area contributed by atoms with Crippen LogP contribution < -0.4 is 15.6 Å². The Morgan fingerprint density at radius 3 is 2.68 bits per heavy atom. The minimum Gasteiger partial charge on any atom is -0.495 e. The van der Waals surface area contributed by atoms with Crippen molar-refractivity contribution < 1.29 is 13.9 Å². The second-order valence-corrected chi connectivity index (χ2v) is 10.8. The molecule has 0 aliphatic carbocycles. The van der Waals surface area contributed by atoms with E-state index in [1.54, 1.807) is 37.6 Å². The SMILES string of the molecule is COc1ccccc1-n1c(SCC(=O)NCc2ccco2)nc2c(sc(=S)n2CCc2ccccc2)c1=O. The van der Waals surface area contributed by atoms with Gasteiger partial charge in [0.2, 0.25) is 5.91 Å². The highest BCUT2D eigenvalue weighted by Gasteiger charge is 2.21. The van der Waals surface area contributed by atoms with E-state index >= 15 is 0 Å². The van der Waals surface area contributed by atoms with Gasteiger partial charge < -0.3 is 19.0 Å². The number of nitrogens with zero attached hydrogens (tertiary/aromatic N) is 3. The first kappa shape index (κ1) is 26.0. The number of aromatic nitrogens is 3. The highest BCUT2D eigenvalue weighted by atomic mass is 32.2. The minimum atomic E-state index is -0.257. The number of fused-ring (bicyclic) bond motifs is 1. The molecule has 0 spiro atoms. The molecule has 0 aliphatic rings. The number of carbonyl (C=O) groups excluding carboxylic acids is 1. The van der Waals surface area contributed by atoms with Gasteiger partial charge in [-0.15, -0.1) is 0 Å². The molecule has 11 heteroatoms. The van der Waals surface area contributed by atoms with Crippen LogP contribution in [0.4, 0.5) is 0 Å². The predicted molar refractivity (Wildman–Crippen MR) is 152 cm³/mol. The van der Waals surface area contributed by atoms with Crippen LogP contribution in [0, 0.1) is 3.95 Å². The van der Waals surface area contributed by atoms with Crippen molar-refractivity contribution in [1.82, 2.24) is 19.4 Å². The van der Waals surface area contributed by atoms with Gasteiger partial charge in [-0.3, -0.25) is 14.2 Å². The van der Waals surface area contributed by atoms with Gasteiger partial charge in [-0.05, 0) is 48.5 Å².